The molecule has 1 aromatic rings. The van der Waals surface area contributed by atoms with Gasteiger partial charge in [0.15, 0.2) is 0 Å². The number of nitrogens with one attached hydrogen (secondary N) is 1. The van der Waals surface area contributed by atoms with Crippen LogP contribution in [-0.2, 0) is 21.4 Å². The molecule has 1 rings (SSSR count). The molecule has 0 amide bonds. The highest BCUT2D eigenvalue weighted by Gasteiger charge is 2.13. The molecule has 18 heavy (non-hydrogen) atoms. The number of sulfonamides is 1. The minimum atomic E-state index is -3.46. The van der Waals surface area contributed by atoms with Gasteiger partial charge in [0, 0.05) is 19.7 Å². The lowest BCUT2D eigenvalue weighted by Gasteiger charge is -2.09. The molecule has 6 heteroatoms. The second-order valence-electron chi connectivity index (χ2n) is 4.24. The number of nitrogens with two attached hydrogens (primary N) is 1. The van der Waals surface area contributed by atoms with Crippen molar-refractivity contribution >= 4 is 10.0 Å². The van der Waals surface area contributed by atoms with E-state index < -0.39 is 10.0 Å². The molecule has 0 saturated carbocycles. The maximum Gasteiger partial charge on any atom is 0.240 e. The van der Waals surface area contributed by atoms with E-state index in [2.05, 4.69) is 4.72 Å². The van der Waals surface area contributed by atoms with Crippen LogP contribution in [0.1, 0.15) is 18.9 Å². The van der Waals surface area contributed by atoms with Gasteiger partial charge in [-0.05, 0) is 31.0 Å². The quantitative estimate of drug-likeness (QED) is 0.771. The smallest absolute Gasteiger partial charge is 0.240 e. The third-order valence-electron chi connectivity index (χ3n) is 2.41. The SMILES string of the molecule is COCc1cccc(S(=O)(=O)NCCC(C)N)c1. The Morgan fingerprint density at radius 3 is 2.78 bits per heavy atom. The Bertz CT molecular complexity index is 472. The third-order valence-corrected chi connectivity index (χ3v) is 3.87. The van der Waals surface area contributed by atoms with Gasteiger partial charge >= 0.3 is 0 Å². The normalized spacial score (nSPS) is 13.5. The minimum absolute atomic E-state index is 0.0208. The summed E-state index contributed by atoms with van der Waals surface area (Å²) in [5, 5.41) is 0. The van der Waals surface area contributed by atoms with Crippen molar-refractivity contribution in [2.75, 3.05) is 13.7 Å². The van der Waals surface area contributed by atoms with E-state index in [1.807, 2.05) is 13.0 Å². The monoisotopic (exact) mass is 272 g/mol. The van der Waals surface area contributed by atoms with Gasteiger partial charge in [-0.25, -0.2) is 13.1 Å². The molecule has 3 N–H and O–H groups in total. The van der Waals surface area contributed by atoms with Gasteiger partial charge < -0.3 is 10.5 Å². The summed E-state index contributed by atoms with van der Waals surface area (Å²) in [7, 11) is -1.89. The topological polar surface area (TPSA) is 81.4 Å². The molecular weight excluding hydrogens is 252 g/mol. The summed E-state index contributed by atoms with van der Waals surface area (Å²) in [6.07, 6.45) is 0.608. The average molecular weight is 272 g/mol. The zero-order valence-corrected chi connectivity index (χ0v) is 11.5. The first kappa shape index (κ1) is 15.1. The van der Waals surface area contributed by atoms with Crippen LogP contribution in [0, 0.1) is 0 Å². The highest BCUT2D eigenvalue weighted by atomic mass is 32.2. The van der Waals surface area contributed by atoms with Gasteiger partial charge in [-0.2, -0.15) is 0 Å². The molecule has 0 fully saturated rings. The standard InChI is InChI=1S/C12H20N2O3S/c1-10(13)6-7-14-18(15,16)12-5-3-4-11(8-12)9-17-2/h3-5,8,10,14H,6-7,9,13H2,1-2H3. The van der Waals surface area contributed by atoms with E-state index >= 15 is 0 Å². The molecule has 0 saturated heterocycles. The number of hydrogen-bond acceptors (Lipinski definition) is 4. The molecule has 5 nitrogen and oxygen atoms in total. The molecule has 1 aromatic carbocycles. The highest BCUT2D eigenvalue weighted by Crippen LogP contribution is 2.12. The molecule has 0 spiro atoms. The molecule has 0 radical (unpaired) electrons. The van der Waals surface area contributed by atoms with Crippen molar-refractivity contribution in [2.45, 2.75) is 30.9 Å². The number of benzene rings is 1. The van der Waals surface area contributed by atoms with Gasteiger partial charge in [0.2, 0.25) is 10.0 Å². The summed E-state index contributed by atoms with van der Waals surface area (Å²) >= 11 is 0. The van der Waals surface area contributed by atoms with Crippen LogP contribution in [0.25, 0.3) is 0 Å². The van der Waals surface area contributed by atoms with Crippen molar-refractivity contribution in [3.63, 3.8) is 0 Å². The maximum absolute atomic E-state index is 12.0. The predicted molar refractivity (Wildman–Crippen MR) is 70.6 cm³/mol. The number of methoxy groups -OCH3 is 1. The van der Waals surface area contributed by atoms with E-state index in [1.54, 1.807) is 25.3 Å². The zero-order valence-electron chi connectivity index (χ0n) is 10.7. The van der Waals surface area contributed by atoms with Crippen LogP contribution >= 0.6 is 0 Å². The van der Waals surface area contributed by atoms with Crippen LogP contribution in [0.5, 0.6) is 0 Å². The molecule has 0 aliphatic heterocycles. The third kappa shape index (κ3) is 4.73. The Labute approximate surface area is 108 Å². The first-order valence-corrected chi connectivity index (χ1v) is 7.27. The lowest BCUT2D eigenvalue weighted by molar-refractivity contribution is 0.184. The molecule has 0 bridgehead atoms. The minimum Gasteiger partial charge on any atom is -0.380 e. The van der Waals surface area contributed by atoms with E-state index in [-0.39, 0.29) is 10.9 Å². The van der Waals surface area contributed by atoms with Crippen molar-refractivity contribution in [1.82, 2.24) is 4.72 Å². The van der Waals surface area contributed by atoms with E-state index in [4.69, 9.17) is 10.5 Å². The summed E-state index contributed by atoms with van der Waals surface area (Å²) < 4.78 is 31.5. The van der Waals surface area contributed by atoms with Gasteiger partial charge in [-0.3, -0.25) is 0 Å². The van der Waals surface area contributed by atoms with Crippen LogP contribution in [0.3, 0.4) is 0 Å². The summed E-state index contributed by atoms with van der Waals surface area (Å²) in [6.45, 7) is 2.57. The van der Waals surface area contributed by atoms with Gasteiger partial charge in [0.1, 0.15) is 0 Å². The highest BCUT2D eigenvalue weighted by molar-refractivity contribution is 7.89. The summed E-state index contributed by atoms with van der Waals surface area (Å²) in [5.74, 6) is 0. The maximum atomic E-state index is 12.0. The predicted octanol–water partition coefficient (Wildman–Crippen LogP) is 0.849. The summed E-state index contributed by atoms with van der Waals surface area (Å²) in [5.41, 5.74) is 6.40. The second-order valence-corrected chi connectivity index (χ2v) is 6.01. The number of ether oxygens (including phenoxy) is 1. The Morgan fingerprint density at radius 1 is 1.44 bits per heavy atom. The van der Waals surface area contributed by atoms with Gasteiger partial charge in [0.25, 0.3) is 0 Å². The molecule has 0 aliphatic carbocycles. The van der Waals surface area contributed by atoms with Crippen LogP contribution in [0.4, 0.5) is 0 Å². The van der Waals surface area contributed by atoms with Crippen molar-refractivity contribution in [3.8, 4) is 0 Å². The molecule has 1 unspecified atom stereocenters. The van der Waals surface area contributed by atoms with Crippen molar-refractivity contribution < 1.29 is 13.2 Å². The molecule has 1 atom stereocenters. The van der Waals surface area contributed by atoms with E-state index in [1.165, 1.54) is 0 Å². The second kappa shape index (κ2) is 6.84. The van der Waals surface area contributed by atoms with E-state index in [0.717, 1.165) is 5.56 Å². The lowest BCUT2D eigenvalue weighted by Crippen LogP contribution is -2.29. The summed E-state index contributed by atoms with van der Waals surface area (Å²) in [6, 6.07) is 6.68. The van der Waals surface area contributed by atoms with Crippen molar-refractivity contribution in [3.05, 3.63) is 29.8 Å². The van der Waals surface area contributed by atoms with E-state index in [0.29, 0.717) is 19.6 Å². The van der Waals surface area contributed by atoms with Crippen LogP contribution in [-0.4, -0.2) is 28.1 Å². The molecule has 0 heterocycles. The van der Waals surface area contributed by atoms with Crippen LogP contribution in [0.2, 0.25) is 0 Å². The number of rotatable bonds is 7. The lowest BCUT2D eigenvalue weighted by atomic mass is 10.2. The number of hydrogen-bond donors (Lipinski definition) is 2. The first-order chi connectivity index (χ1) is 8.45. The first-order valence-electron chi connectivity index (χ1n) is 5.79. The Kier molecular flexibility index (Phi) is 5.74. The van der Waals surface area contributed by atoms with Crippen LogP contribution in [0.15, 0.2) is 29.2 Å². The van der Waals surface area contributed by atoms with Crippen LogP contribution < -0.4 is 10.5 Å². The zero-order chi connectivity index (χ0) is 13.6. The fourth-order valence-electron chi connectivity index (χ4n) is 1.47. The van der Waals surface area contributed by atoms with Gasteiger partial charge in [0.05, 0.1) is 11.5 Å². The molecular formula is C12H20N2O3S. The average Bonchev–Trinajstić information content (AvgIpc) is 2.29. The van der Waals surface area contributed by atoms with Gasteiger partial charge in [-0.15, -0.1) is 0 Å². The largest absolute Gasteiger partial charge is 0.380 e. The Morgan fingerprint density at radius 2 is 2.17 bits per heavy atom. The molecule has 0 aromatic heterocycles. The Hall–Kier alpha value is -0.950. The molecule has 0 aliphatic rings. The molecule has 102 valence electrons. The van der Waals surface area contributed by atoms with E-state index in [9.17, 15) is 8.42 Å². The fourth-order valence-corrected chi connectivity index (χ4v) is 2.59. The van der Waals surface area contributed by atoms with Crippen molar-refractivity contribution in [2.24, 2.45) is 5.73 Å². The Balaban J connectivity index is 2.75. The van der Waals surface area contributed by atoms with Gasteiger partial charge in [-0.1, -0.05) is 12.1 Å². The fraction of sp³-hybridized carbons (Fsp3) is 0.500. The summed E-state index contributed by atoms with van der Waals surface area (Å²) in [4.78, 5) is 0.252. The van der Waals surface area contributed by atoms with Crippen molar-refractivity contribution in [1.29, 1.82) is 0 Å².